The van der Waals surface area contributed by atoms with Gasteiger partial charge in [-0.2, -0.15) is 0 Å². The molecule has 0 fully saturated rings. The molecule has 1 atom stereocenters. The van der Waals surface area contributed by atoms with E-state index < -0.39 is 0 Å². The van der Waals surface area contributed by atoms with Crippen LogP contribution in [0.2, 0.25) is 0 Å². The van der Waals surface area contributed by atoms with Gasteiger partial charge in [-0.1, -0.05) is 48.5 Å². The highest BCUT2D eigenvalue weighted by molar-refractivity contribution is 7.10. The highest BCUT2D eigenvalue weighted by Crippen LogP contribution is 2.30. The van der Waals surface area contributed by atoms with E-state index in [2.05, 4.69) is 79.0 Å². The lowest BCUT2D eigenvalue weighted by Gasteiger charge is -2.19. The minimum absolute atomic E-state index is 0.605. The molecule has 0 saturated carbocycles. The van der Waals surface area contributed by atoms with Gasteiger partial charge in [0.05, 0.1) is 0 Å². The van der Waals surface area contributed by atoms with Gasteiger partial charge in [-0.15, -0.1) is 11.3 Å². The summed E-state index contributed by atoms with van der Waals surface area (Å²) in [5.74, 6) is 0.605. The predicted octanol–water partition coefficient (Wildman–Crippen LogP) is 5.18. The van der Waals surface area contributed by atoms with Gasteiger partial charge in [-0.05, 0) is 67.2 Å². The average molecular weight is 309 g/mol. The third kappa shape index (κ3) is 3.57. The molecular formula is C20H23NS. The summed E-state index contributed by atoms with van der Waals surface area (Å²) < 4.78 is 0. The van der Waals surface area contributed by atoms with E-state index in [1.165, 1.54) is 27.6 Å². The molecule has 2 aromatic carbocycles. The molecule has 0 spiro atoms. The van der Waals surface area contributed by atoms with Crippen molar-refractivity contribution in [3.05, 3.63) is 70.4 Å². The molecule has 0 bridgehead atoms. The number of fused-ring (bicyclic) bond motifs is 1. The van der Waals surface area contributed by atoms with Crippen molar-refractivity contribution < 1.29 is 0 Å². The summed E-state index contributed by atoms with van der Waals surface area (Å²) in [4.78, 5) is 3.79. The van der Waals surface area contributed by atoms with Crippen LogP contribution in [0.4, 0.5) is 0 Å². The van der Waals surface area contributed by atoms with E-state index in [1.54, 1.807) is 0 Å². The van der Waals surface area contributed by atoms with Crippen LogP contribution in [0.5, 0.6) is 0 Å². The van der Waals surface area contributed by atoms with Crippen LogP contribution in [0.3, 0.4) is 0 Å². The Morgan fingerprint density at radius 1 is 0.955 bits per heavy atom. The largest absolute Gasteiger partial charge is 0.309 e. The number of benzene rings is 2. The molecule has 3 rings (SSSR count). The monoisotopic (exact) mass is 309 g/mol. The lowest BCUT2D eigenvalue weighted by Crippen LogP contribution is -2.16. The first-order chi connectivity index (χ1) is 10.7. The van der Waals surface area contributed by atoms with Gasteiger partial charge in [0.2, 0.25) is 0 Å². The quantitative estimate of drug-likeness (QED) is 0.606. The second kappa shape index (κ2) is 7.08. The summed E-state index contributed by atoms with van der Waals surface area (Å²) in [7, 11) is 4.31. The van der Waals surface area contributed by atoms with E-state index >= 15 is 0 Å². The van der Waals surface area contributed by atoms with Gasteiger partial charge in [0, 0.05) is 4.88 Å². The first kappa shape index (κ1) is 15.3. The van der Waals surface area contributed by atoms with Gasteiger partial charge in [-0.25, -0.2) is 0 Å². The molecule has 0 aliphatic heterocycles. The van der Waals surface area contributed by atoms with Crippen molar-refractivity contribution in [3.8, 4) is 0 Å². The minimum atomic E-state index is 0.605. The molecule has 0 aliphatic carbocycles. The molecule has 114 valence electrons. The molecule has 1 aromatic heterocycles. The molecule has 1 heterocycles. The molecule has 1 nitrogen and oxygen atoms in total. The maximum Gasteiger partial charge on any atom is 0.00799 e. The first-order valence-corrected chi connectivity index (χ1v) is 8.77. The summed E-state index contributed by atoms with van der Waals surface area (Å²) in [5.41, 5.74) is 1.47. The lowest BCUT2D eigenvalue weighted by molar-refractivity contribution is 0.381. The number of rotatable bonds is 6. The van der Waals surface area contributed by atoms with Gasteiger partial charge in [0.25, 0.3) is 0 Å². The van der Waals surface area contributed by atoms with Crippen molar-refractivity contribution in [2.75, 3.05) is 20.6 Å². The van der Waals surface area contributed by atoms with Crippen LogP contribution < -0.4 is 0 Å². The third-order valence-corrected chi connectivity index (χ3v) is 5.25. The Bertz CT molecular complexity index is 710. The lowest BCUT2D eigenvalue weighted by atomic mass is 9.91. The van der Waals surface area contributed by atoms with Gasteiger partial charge in [0.15, 0.2) is 0 Å². The van der Waals surface area contributed by atoms with Crippen molar-refractivity contribution >= 4 is 22.1 Å². The van der Waals surface area contributed by atoms with Gasteiger partial charge >= 0.3 is 0 Å². The highest BCUT2D eigenvalue weighted by atomic mass is 32.1. The van der Waals surface area contributed by atoms with E-state index in [0.717, 1.165) is 13.0 Å². The molecule has 0 N–H and O–H groups in total. The summed E-state index contributed by atoms with van der Waals surface area (Å²) in [6, 6.07) is 19.9. The van der Waals surface area contributed by atoms with Crippen molar-refractivity contribution in [3.63, 3.8) is 0 Å². The summed E-state index contributed by atoms with van der Waals surface area (Å²) in [6.45, 7) is 1.13. The molecule has 0 amide bonds. The maximum absolute atomic E-state index is 2.29. The Kier molecular flexibility index (Phi) is 4.91. The molecule has 1 unspecified atom stereocenters. The van der Waals surface area contributed by atoms with E-state index in [4.69, 9.17) is 0 Å². The zero-order chi connectivity index (χ0) is 15.4. The Labute approximate surface area is 137 Å². The fourth-order valence-electron chi connectivity index (χ4n) is 3.02. The van der Waals surface area contributed by atoms with E-state index in [-0.39, 0.29) is 0 Å². The molecule has 0 radical (unpaired) electrons. The Hall–Kier alpha value is -1.64. The van der Waals surface area contributed by atoms with E-state index in [0.29, 0.717) is 5.92 Å². The van der Waals surface area contributed by atoms with Gasteiger partial charge < -0.3 is 4.90 Å². The van der Waals surface area contributed by atoms with E-state index in [9.17, 15) is 0 Å². The summed E-state index contributed by atoms with van der Waals surface area (Å²) in [6.07, 6.45) is 2.33. The molecule has 2 heteroatoms. The fraction of sp³-hybridized carbons (Fsp3) is 0.300. The zero-order valence-electron chi connectivity index (χ0n) is 13.3. The minimum Gasteiger partial charge on any atom is -0.309 e. The van der Waals surface area contributed by atoms with Gasteiger partial charge in [0.1, 0.15) is 0 Å². The smallest absolute Gasteiger partial charge is 0.00799 e. The summed E-state index contributed by atoms with van der Waals surface area (Å²) >= 11 is 1.89. The maximum atomic E-state index is 2.29. The zero-order valence-corrected chi connectivity index (χ0v) is 14.1. The predicted molar refractivity (Wildman–Crippen MR) is 97.9 cm³/mol. The second-order valence-corrected chi connectivity index (χ2v) is 7.13. The highest BCUT2D eigenvalue weighted by Gasteiger charge is 2.15. The van der Waals surface area contributed by atoms with Crippen LogP contribution >= 0.6 is 11.3 Å². The fourth-order valence-corrected chi connectivity index (χ4v) is 3.88. The topological polar surface area (TPSA) is 3.24 Å². The van der Waals surface area contributed by atoms with Crippen molar-refractivity contribution in [1.29, 1.82) is 0 Å². The Morgan fingerprint density at radius 2 is 1.77 bits per heavy atom. The first-order valence-electron chi connectivity index (χ1n) is 7.89. The SMILES string of the molecule is CN(C)CCC(Cc1cccc2ccccc12)c1cccs1. The summed E-state index contributed by atoms with van der Waals surface area (Å²) in [5, 5.41) is 4.94. The van der Waals surface area contributed by atoms with Crippen LogP contribution in [-0.4, -0.2) is 25.5 Å². The second-order valence-electron chi connectivity index (χ2n) is 6.15. The number of hydrogen-bond donors (Lipinski definition) is 0. The van der Waals surface area contributed by atoms with Crippen molar-refractivity contribution in [2.45, 2.75) is 18.8 Å². The van der Waals surface area contributed by atoms with E-state index in [1.807, 2.05) is 11.3 Å². The van der Waals surface area contributed by atoms with Crippen LogP contribution in [-0.2, 0) is 6.42 Å². The van der Waals surface area contributed by atoms with Gasteiger partial charge in [-0.3, -0.25) is 0 Å². The van der Waals surface area contributed by atoms with Crippen LogP contribution in [0.25, 0.3) is 10.8 Å². The molecule has 0 aliphatic rings. The van der Waals surface area contributed by atoms with Crippen LogP contribution in [0.15, 0.2) is 60.0 Å². The Balaban J connectivity index is 1.88. The Morgan fingerprint density at radius 3 is 2.55 bits per heavy atom. The van der Waals surface area contributed by atoms with Crippen molar-refractivity contribution in [1.82, 2.24) is 4.90 Å². The third-order valence-electron chi connectivity index (χ3n) is 4.22. The molecule has 22 heavy (non-hydrogen) atoms. The number of nitrogens with zero attached hydrogens (tertiary/aromatic N) is 1. The number of hydrogen-bond acceptors (Lipinski definition) is 2. The normalized spacial score (nSPS) is 12.9. The van der Waals surface area contributed by atoms with Crippen LogP contribution in [0.1, 0.15) is 22.8 Å². The molecule has 0 saturated heterocycles. The standard InChI is InChI=1S/C20H23NS/c1-21(2)13-12-18(20-11-6-14-22-20)15-17-9-5-8-16-7-3-4-10-19(16)17/h3-11,14,18H,12-13,15H2,1-2H3. The molecule has 3 aromatic rings. The number of thiophene rings is 1. The average Bonchev–Trinajstić information content (AvgIpc) is 3.05. The van der Waals surface area contributed by atoms with Crippen LogP contribution in [0, 0.1) is 0 Å². The van der Waals surface area contributed by atoms with Crippen molar-refractivity contribution in [2.24, 2.45) is 0 Å². The molecular weight excluding hydrogens is 286 g/mol.